The largest absolute Gasteiger partial charge is 0.350 e. The highest BCUT2D eigenvalue weighted by Gasteiger charge is 2.20. The van der Waals surface area contributed by atoms with Gasteiger partial charge in [-0.3, -0.25) is 4.79 Å². The molecule has 0 fully saturated rings. The number of thiophene rings is 1. The molecule has 0 aromatic carbocycles. The van der Waals surface area contributed by atoms with Crippen LogP contribution in [0, 0.1) is 13.8 Å². The minimum Gasteiger partial charge on any atom is -0.350 e. The summed E-state index contributed by atoms with van der Waals surface area (Å²) in [7, 11) is 0. The lowest BCUT2D eigenvalue weighted by Gasteiger charge is -2.11. The van der Waals surface area contributed by atoms with Gasteiger partial charge >= 0.3 is 0 Å². The van der Waals surface area contributed by atoms with Crippen LogP contribution in [0.15, 0.2) is 28.7 Å². The number of nitrogens with one attached hydrogen (secondary N) is 1. The minimum atomic E-state index is -0.347. The van der Waals surface area contributed by atoms with E-state index in [2.05, 4.69) is 20.6 Å². The minimum absolute atomic E-state index is 0.0749. The third kappa shape index (κ3) is 3.85. The highest BCUT2D eigenvalue weighted by Crippen LogP contribution is 2.22. The Morgan fingerprint density at radius 2 is 2.24 bits per heavy atom. The Balaban J connectivity index is 1.66. The number of nitrogens with zero attached hydrogens (tertiary/aromatic N) is 5. The molecule has 3 aromatic rings. The molecule has 10 heteroatoms. The summed E-state index contributed by atoms with van der Waals surface area (Å²) < 4.78 is 2.99. The Hall–Kier alpha value is -2.33. The number of aromatic nitrogens is 5. The Morgan fingerprint density at radius 3 is 2.88 bits per heavy atom. The summed E-state index contributed by atoms with van der Waals surface area (Å²) >= 11 is 2.87. The van der Waals surface area contributed by atoms with E-state index >= 15 is 0 Å². The standard InChI is InChI=1S/C15H19N7OS2/c1-9-7-10(2)22(20-9)14-18-19-15(21(14)16)25-11(3)13(23)17-8-12-5-4-6-24-12/h4-7,11H,8,16H2,1-3H3,(H,17,23). The number of hydrogen-bond donors (Lipinski definition) is 2. The molecule has 1 amide bonds. The first-order valence-electron chi connectivity index (χ1n) is 7.66. The predicted molar refractivity (Wildman–Crippen MR) is 98.3 cm³/mol. The molecule has 3 aromatic heterocycles. The molecule has 8 nitrogen and oxygen atoms in total. The Bertz CT molecular complexity index is 869. The van der Waals surface area contributed by atoms with Crippen molar-refractivity contribution in [3.8, 4) is 5.95 Å². The molecule has 0 aliphatic heterocycles. The number of thioether (sulfide) groups is 1. The lowest BCUT2D eigenvalue weighted by Crippen LogP contribution is -2.30. The van der Waals surface area contributed by atoms with Gasteiger partial charge in [-0.15, -0.1) is 21.5 Å². The quantitative estimate of drug-likeness (QED) is 0.500. The lowest BCUT2D eigenvalue weighted by atomic mass is 10.4. The highest BCUT2D eigenvalue weighted by atomic mass is 32.2. The van der Waals surface area contributed by atoms with Gasteiger partial charge in [0.05, 0.1) is 17.5 Å². The molecule has 0 radical (unpaired) electrons. The van der Waals surface area contributed by atoms with E-state index in [-0.39, 0.29) is 11.2 Å². The number of carbonyl (C=O) groups is 1. The molecule has 0 aliphatic carbocycles. The van der Waals surface area contributed by atoms with Crippen LogP contribution in [-0.4, -0.2) is 35.8 Å². The molecule has 25 heavy (non-hydrogen) atoms. The maximum absolute atomic E-state index is 12.2. The van der Waals surface area contributed by atoms with E-state index in [0.29, 0.717) is 17.6 Å². The van der Waals surface area contributed by atoms with Gasteiger partial charge in [0.2, 0.25) is 11.1 Å². The number of amides is 1. The second kappa shape index (κ2) is 7.28. The van der Waals surface area contributed by atoms with Gasteiger partial charge in [0, 0.05) is 10.6 Å². The van der Waals surface area contributed by atoms with Gasteiger partial charge < -0.3 is 11.2 Å². The third-order valence-corrected chi connectivity index (χ3v) is 5.45. The van der Waals surface area contributed by atoms with Crippen LogP contribution in [0.3, 0.4) is 0 Å². The second-order valence-corrected chi connectivity index (χ2v) is 7.89. The first-order chi connectivity index (χ1) is 12.0. The van der Waals surface area contributed by atoms with Crippen LogP contribution in [0.5, 0.6) is 0 Å². The molecule has 0 saturated carbocycles. The smallest absolute Gasteiger partial charge is 0.271 e. The number of carbonyl (C=O) groups excluding carboxylic acids is 1. The Labute approximate surface area is 153 Å². The highest BCUT2D eigenvalue weighted by molar-refractivity contribution is 8.00. The van der Waals surface area contributed by atoms with Gasteiger partial charge in [0.15, 0.2) is 0 Å². The van der Waals surface area contributed by atoms with Gasteiger partial charge in [-0.25, -0.2) is 9.36 Å². The first kappa shape index (κ1) is 17.5. The number of nitrogens with two attached hydrogens (primary N) is 1. The summed E-state index contributed by atoms with van der Waals surface area (Å²) in [6, 6.07) is 5.88. The molecule has 0 saturated heterocycles. The van der Waals surface area contributed by atoms with Crippen molar-refractivity contribution in [2.24, 2.45) is 0 Å². The van der Waals surface area contributed by atoms with Crippen LogP contribution in [-0.2, 0) is 11.3 Å². The van der Waals surface area contributed by atoms with Crippen molar-refractivity contribution in [3.63, 3.8) is 0 Å². The monoisotopic (exact) mass is 377 g/mol. The third-order valence-electron chi connectivity index (χ3n) is 3.51. The molecule has 1 atom stereocenters. The lowest BCUT2D eigenvalue weighted by molar-refractivity contribution is -0.120. The molecular weight excluding hydrogens is 358 g/mol. The summed E-state index contributed by atoms with van der Waals surface area (Å²) in [6.07, 6.45) is 0. The van der Waals surface area contributed by atoms with Crippen LogP contribution >= 0.6 is 23.1 Å². The van der Waals surface area contributed by atoms with Crippen LogP contribution in [0.1, 0.15) is 23.2 Å². The first-order valence-corrected chi connectivity index (χ1v) is 9.42. The molecule has 0 bridgehead atoms. The van der Waals surface area contributed by atoms with Gasteiger partial charge in [-0.05, 0) is 38.3 Å². The maximum Gasteiger partial charge on any atom is 0.271 e. The number of aryl methyl sites for hydroxylation is 2. The SMILES string of the molecule is Cc1cc(C)n(-c2nnc(SC(C)C(=O)NCc3cccs3)n2N)n1. The van der Waals surface area contributed by atoms with E-state index in [1.54, 1.807) is 16.0 Å². The fraction of sp³-hybridized carbons (Fsp3) is 0.333. The molecule has 3 heterocycles. The summed E-state index contributed by atoms with van der Waals surface area (Å²) in [5.41, 5.74) is 1.78. The average Bonchev–Trinajstić information content (AvgIpc) is 3.28. The summed E-state index contributed by atoms with van der Waals surface area (Å²) in [6.45, 7) is 6.15. The number of nitrogen functional groups attached to an aromatic ring is 1. The van der Waals surface area contributed by atoms with E-state index in [1.807, 2.05) is 44.4 Å². The van der Waals surface area contributed by atoms with Gasteiger partial charge in [-0.1, -0.05) is 17.8 Å². The fourth-order valence-electron chi connectivity index (χ4n) is 2.27. The topological polar surface area (TPSA) is 104 Å². The maximum atomic E-state index is 12.2. The molecular formula is C15H19N7OS2. The van der Waals surface area contributed by atoms with E-state index in [0.717, 1.165) is 16.3 Å². The molecule has 132 valence electrons. The van der Waals surface area contributed by atoms with Crippen molar-refractivity contribution in [3.05, 3.63) is 39.8 Å². The van der Waals surface area contributed by atoms with Crippen LogP contribution < -0.4 is 11.2 Å². The Kier molecular flexibility index (Phi) is 5.09. The van der Waals surface area contributed by atoms with Crippen molar-refractivity contribution in [1.29, 1.82) is 0 Å². The van der Waals surface area contributed by atoms with E-state index in [1.165, 1.54) is 16.4 Å². The summed E-state index contributed by atoms with van der Waals surface area (Å²) in [5.74, 6) is 6.43. The van der Waals surface area contributed by atoms with Crippen molar-refractivity contribution in [1.82, 2.24) is 30.0 Å². The van der Waals surface area contributed by atoms with Crippen molar-refractivity contribution < 1.29 is 4.79 Å². The molecule has 1 unspecified atom stereocenters. The van der Waals surface area contributed by atoms with Gasteiger partial charge in [0.25, 0.3) is 5.95 Å². The zero-order valence-electron chi connectivity index (χ0n) is 14.1. The zero-order valence-corrected chi connectivity index (χ0v) is 15.8. The van der Waals surface area contributed by atoms with Crippen LogP contribution in [0.2, 0.25) is 0 Å². The van der Waals surface area contributed by atoms with Gasteiger partial charge in [-0.2, -0.15) is 5.10 Å². The summed E-state index contributed by atoms with van der Waals surface area (Å²) in [4.78, 5) is 13.4. The number of hydrogen-bond acceptors (Lipinski definition) is 7. The Morgan fingerprint density at radius 1 is 1.44 bits per heavy atom. The average molecular weight is 377 g/mol. The normalized spacial score (nSPS) is 12.3. The second-order valence-electron chi connectivity index (χ2n) is 5.55. The van der Waals surface area contributed by atoms with Crippen LogP contribution in [0.25, 0.3) is 5.95 Å². The molecule has 3 rings (SSSR count). The summed E-state index contributed by atoms with van der Waals surface area (Å²) in [5, 5.41) is 17.5. The van der Waals surface area contributed by atoms with E-state index < -0.39 is 0 Å². The van der Waals surface area contributed by atoms with E-state index in [9.17, 15) is 4.79 Å². The van der Waals surface area contributed by atoms with Gasteiger partial charge in [0.1, 0.15) is 0 Å². The molecule has 3 N–H and O–H groups in total. The van der Waals surface area contributed by atoms with Crippen molar-refractivity contribution in [2.45, 2.75) is 37.7 Å². The molecule has 0 aliphatic rings. The number of rotatable bonds is 6. The van der Waals surface area contributed by atoms with E-state index in [4.69, 9.17) is 5.84 Å². The zero-order chi connectivity index (χ0) is 18.0. The van der Waals surface area contributed by atoms with Crippen molar-refractivity contribution >= 4 is 29.0 Å². The van der Waals surface area contributed by atoms with Crippen LogP contribution in [0.4, 0.5) is 0 Å². The molecule has 0 spiro atoms. The predicted octanol–water partition coefficient (Wildman–Crippen LogP) is 1.65. The van der Waals surface area contributed by atoms with Crippen molar-refractivity contribution in [2.75, 3.05) is 5.84 Å². The fourth-order valence-corrected chi connectivity index (χ4v) is 3.70.